The number of unbranched alkanes of at least 4 members (excludes halogenated alkanes) is 1. The summed E-state index contributed by atoms with van der Waals surface area (Å²) in [6, 6.07) is 0.708. The largest absolute Gasteiger partial charge is 0.388 e. The third-order valence-electron chi connectivity index (χ3n) is 2.91. The summed E-state index contributed by atoms with van der Waals surface area (Å²) in [5.74, 6) is 0. The van der Waals surface area contributed by atoms with Gasteiger partial charge in [-0.1, -0.05) is 24.7 Å². The molecule has 1 N–H and O–H groups in total. The number of rotatable bonds is 6. The fraction of sp³-hybridized carbons (Fsp3) is 0.750. The Morgan fingerprint density at radius 1 is 1.62 bits per heavy atom. The second-order valence-corrected chi connectivity index (χ2v) is 5.54. The van der Waals surface area contributed by atoms with Gasteiger partial charge in [0.1, 0.15) is 0 Å². The Hall–Kier alpha value is -0.610. The van der Waals surface area contributed by atoms with Crippen molar-refractivity contribution in [2.75, 3.05) is 11.4 Å². The van der Waals surface area contributed by atoms with E-state index in [9.17, 15) is 5.11 Å². The molecule has 1 saturated carbocycles. The van der Waals surface area contributed by atoms with E-state index in [1.807, 2.05) is 6.20 Å². The standard InChI is InChI=1S/C12H20N2OS/c1-3-4-7-14(10-5-6-10)12-13-8-11(16-12)9(2)15/h8-10,15H,3-7H2,1-2H3. The molecule has 1 fully saturated rings. The van der Waals surface area contributed by atoms with E-state index < -0.39 is 6.10 Å². The van der Waals surface area contributed by atoms with Crippen LogP contribution in [-0.2, 0) is 0 Å². The van der Waals surface area contributed by atoms with Crippen LogP contribution in [0.15, 0.2) is 6.20 Å². The maximum absolute atomic E-state index is 9.50. The third kappa shape index (κ3) is 2.74. The van der Waals surface area contributed by atoms with Crippen LogP contribution >= 0.6 is 11.3 Å². The molecule has 3 nitrogen and oxygen atoms in total. The van der Waals surface area contributed by atoms with Crippen LogP contribution in [0.3, 0.4) is 0 Å². The predicted octanol–water partition coefficient (Wildman–Crippen LogP) is 2.97. The van der Waals surface area contributed by atoms with E-state index in [1.54, 1.807) is 18.3 Å². The number of aliphatic hydroxyl groups is 1. The normalized spacial score (nSPS) is 17.4. The van der Waals surface area contributed by atoms with E-state index in [0.29, 0.717) is 6.04 Å². The van der Waals surface area contributed by atoms with Crippen molar-refractivity contribution in [3.63, 3.8) is 0 Å². The van der Waals surface area contributed by atoms with Crippen molar-refractivity contribution in [3.05, 3.63) is 11.1 Å². The van der Waals surface area contributed by atoms with Gasteiger partial charge >= 0.3 is 0 Å². The van der Waals surface area contributed by atoms with E-state index in [0.717, 1.165) is 16.6 Å². The van der Waals surface area contributed by atoms with Crippen LogP contribution < -0.4 is 4.90 Å². The highest BCUT2D eigenvalue weighted by molar-refractivity contribution is 7.15. The highest BCUT2D eigenvalue weighted by Gasteiger charge is 2.30. The lowest BCUT2D eigenvalue weighted by Crippen LogP contribution is -2.26. The van der Waals surface area contributed by atoms with E-state index >= 15 is 0 Å². The minimum absolute atomic E-state index is 0.390. The van der Waals surface area contributed by atoms with Crippen molar-refractivity contribution in [2.45, 2.75) is 51.7 Å². The lowest BCUT2D eigenvalue weighted by Gasteiger charge is -2.20. The van der Waals surface area contributed by atoms with Crippen LogP contribution in [0.2, 0.25) is 0 Å². The number of nitrogens with zero attached hydrogens (tertiary/aromatic N) is 2. The van der Waals surface area contributed by atoms with E-state index in [-0.39, 0.29) is 0 Å². The summed E-state index contributed by atoms with van der Waals surface area (Å²) in [6.07, 6.45) is 6.46. The second-order valence-electron chi connectivity index (χ2n) is 4.50. The number of hydrogen-bond acceptors (Lipinski definition) is 4. The zero-order chi connectivity index (χ0) is 11.5. The molecule has 0 radical (unpaired) electrons. The fourth-order valence-corrected chi connectivity index (χ4v) is 2.70. The summed E-state index contributed by atoms with van der Waals surface area (Å²) in [5.41, 5.74) is 0. The van der Waals surface area contributed by atoms with Gasteiger partial charge in [-0.25, -0.2) is 4.98 Å². The topological polar surface area (TPSA) is 36.4 Å². The number of hydrogen-bond donors (Lipinski definition) is 1. The lowest BCUT2D eigenvalue weighted by atomic mass is 10.3. The molecule has 1 heterocycles. The minimum Gasteiger partial charge on any atom is -0.388 e. The summed E-state index contributed by atoms with van der Waals surface area (Å²) in [7, 11) is 0. The predicted molar refractivity (Wildman–Crippen MR) is 68.0 cm³/mol. The SMILES string of the molecule is CCCCN(c1ncc(C(C)O)s1)C1CC1. The molecule has 1 aromatic rings. The zero-order valence-corrected chi connectivity index (χ0v) is 10.8. The monoisotopic (exact) mass is 240 g/mol. The average molecular weight is 240 g/mol. The number of anilines is 1. The van der Waals surface area contributed by atoms with Gasteiger partial charge in [-0.2, -0.15) is 0 Å². The first-order valence-electron chi connectivity index (χ1n) is 6.12. The van der Waals surface area contributed by atoms with Crippen LogP contribution in [0.25, 0.3) is 0 Å². The Kier molecular flexibility index (Phi) is 3.82. The molecule has 0 aromatic carbocycles. The second kappa shape index (κ2) is 5.15. The molecule has 1 atom stereocenters. The molecule has 1 unspecified atom stereocenters. The van der Waals surface area contributed by atoms with Crippen molar-refractivity contribution < 1.29 is 5.11 Å². The van der Waals surface area contributed by atoms with Crippen molar-refractivity contribution >= 4 is 16.5 Å². The van der Waals surface area contributed by atoms with Crippen molar-refractivity contribution in [1.82, 2.24) is 4.98 Å². The molecule has 16 heavy (non-hydrogen) atoms. The summed E-state index contributed by atoms with van der Waals surface area (Å²) in [6.45, 7) is 5.12. The molecule has 0 spiro atoms. The molecule has 0 amide bonds. The van der Waals surface area contributed by atoms with E-state index in [4.69, 9.17) is 0 Å². The molecule has 90 valence electrons. The Bertz CT molecular complexity index is 334. The maximum atomic E-state index is 9.50. The van der Waals surface area contributed by atoms with Gasteiger partial charge in [0.25, 0.3) is 0 Å². The first-order valence-corrected chi connectivity index (χ1v) is 6.94. The molecule has 1 aliphatic rings. The Labute approximate surface area is 101 Å². The molecular weight excluding hydrogens is 220 g/mol. The first kappa shape index (κ1) is 11.9. The molecule has 1 aliphatic carbocycles. The lowest BCUT2D eigenvalue weighted by molar-refractivity contribution is 0.203. The van der Waals surface area contributed by atoms with Gasteiger partial charge in [-0.05, 0) is 26.2 Å². The van der Waals surface area contributed by atoms with Gasteiger partial charge in [0, 0.05) is 18.8 Å². The van der Waals surface area contributed by atoms with E-state index in [2.05, 4.69) is 16.8 Å². The van der Waals surface area contributed by atoms with Crippen LogP contribution in [0.1, 0.15) is 50.5 Å². The molecule has 1 aromatic heterocycles. The third-order valence-corrected chi connectivity index (χ3v) is 4.11. The van der Waals surface area contributed by atoms with Gasteiger partial charge in [-0.3, -0.25) is 0 Å². The maximum Gasteiger partial charge on any atom is 0.185 e. The van der Waals surface area contributed by atoms with Crippen LogP contribution in [-0.4, -0.2) is 22.7 Å². The van der Waals surface area contributed by atoms with Crippen molar-refractivity contribution in [2.24, 2.45) is 0 Å². The number of thiazole rings is 1. The van der Waals surface area contributed by atoms with Crippen LogP contribution in [0.4, 0.5) is 5.13 Å². The van der Waals surface area contributed by atoms with E-state index in [1.165, 1.54) is 25.7 Å². The quantitative estimate of drug-likeness (QED) is 0.830. The summed E-state index contributed by atoms with van der Waals surface area (Å²) < 4.78 is 0. The molecule has 2 rings (SSSR count). The zero-order valence-electron chi connectivity index (χ0n) is 10.0. The molecule has 0 aliphatic heterocycles. The fourth-order valence-electron chi connectivity index (χ4n) is 1.75. The van der Waals surface area contributed by atoms with Gasteiger partial charge in [0.05, 0.1) is 11.0 Å². The minimum atomic E-state index is -0.390. The van der Waals surface area contributed by atoms with Crippen molar-refractivity contribution in [3.8, 4) is 0 Å². The smallest absolute Gasteiger partial charge is 0.185 e. The Balaban J connectivity index is 2.05. The number of aliphatic hydroxyl groups excluding tert-OH is 1. The highest BCUT2D eigenvalue weighted by Crippen LogP contribution is 2.35. The summed E-state index contributed by atoms with van der Waals surface area (Å²) >= 11 is 1.63. The van der Waals surface area contributed by atoms with Gasteiger partial charge in [0.2, 0.25) is 0 Å². The molecule has 0 bridgehead atoms. The first-order chi connectivity index (χ1) is 7.72. The Morgan fingerprint density at radius 3 is 2.88 bits per heavy atom. The molecule has 4 heteroatoms. The molecule has 0 saturated heterocycles. The highest BCUT2D eigenvalue weighted by atomic mass is 32.1. The van der Waals surface area contributed by atoms with Crippen LogP contribution in [0, 0.1) is 0 Å². The van der Waals surface area contributed by atoms with Gasteiger partial charge < -0.3 is 10.0 Å². The molecular formula is C12H20N2OS. The Morgan fingerprint density at radius 2 is 2.38 bits per heavy atom. The summed E-state index contributed by atoms with van der Waals surface area (Å²) in [4.78, 5) is 7.82. The van der Waals surface area contributed by atoms with Crippen LogP contribution in [0.5, 0.6) is 0 Å². The van der Waals surface area contributed by atoms with Gasteiger partial charge in [-0.15, -0.1) is 0 Å². The summed E-state index contributed by atoms with van der Waals surface area (Å²) in [5, 5.41) is 10.6. The number of aromatic nitrogens is 1. The van der Waals surface area contributed by atoms with Gasteiger partial charge in [0.15, 0.2) is 5.13 Å². The average Bonchev–Trinajstić information content (AvgIpc) is 2.96. The van der Waals surface area contributed by atoms with Crippen molar-refractivity contribution in [1.29, 1.82) is 0 Å².